The minimum absolute atomic E-state index is 0.0340. The molecule has 16 heteroatoms. The summed E-state index contributed by atoms with van der Waals surface area (Å²) in [6.45, 7) is 30.7. The molecule has 3 N–H and O–H groups in total. The SMILES string of the molecule is CCOC(=O)COc1c2cc(C)cc1Cc1cc(C(C)(C)C)cc(c1OCC(=O)OCC)Cc1cc(C(C)(C)C)cc(c1OCC(=O)OCC)Cc1cc(C(C)(C)C)cc(c1OCC(=O)Nc1ccc3cc4ccc(NCCCNC(=O)C(C)C)cc4nc3c1)C2. The average Bonchev–Trinajstić information content (AvgIpc) is 0.802. The minimum Gasteiger partial charge on any atom is -0.483 e. The third-order valence-electron chi connectivity index (χ3n) is 15.9. The van der Waals surface area contributed by atoms with E-state index in [0.717, 1.165) is 95.2 Å². The van der Waals surface area contributed by atoms with E-state index in [1.165, 1.54) is 0 Å². The summed E-state index contributed by atoms with van der Waals surface area (Å²) >= 11 is 0. The number of amides is 2. The Morgan fingerprint density at radius 1 is 0.462 bits per heavy atom. The number of ether oxygens (including phenoxy) is 7. The number of carbonyl (C=O) groups is 5. The van der Waals surface area contributed by atoms with Crippen LogP contribution in [0.2, 0.25) is 0 Å². The Balaban J connectivity index is 1.28. The van der Waals surface area contributed by atoms with Crippen molar-refractivity contribution in [3.8, 4) is 23.0 Å². The van der Waals surface area contributed by atoms with Crippen molar-refractivity contribution in [2.45, 2.75) is 152 Å². The zero-order valence-corrected chi connectivity index (χ0v) is 56.0. The molecule has 7 aromatic rings. The van der Waals surface area contributed by atoms with Crippen LogP contribution in [-0.4, -0.2) is 94.0 Å². The predicted molar refractivity (Wildman–Crippen MR) is 359 cm³/mol. The molecule has 0 radical (unpaired) electrons. The van der Waals surface area contributed by atoms with E-state index in [1.807, 2.05) is 63.2 Å². The van der Waals surface area contributed by atoms with E-state index < -0.39 is 29.2 Å². The summed E-state index contributed by atoms with van der Waals surface area (Å²) in [4.78, 5) is 71.6. The lowest BCUT2D eigenvalue weighted by Gasteiger charge is -2.28. The highest BCUT2D eigenvalue weighted by Crippen LogP contribution is 2.44. The predicted octanol–water partition coefficient (Wildman–Crippen LogP) is 13.7. The molecule has 91 heavy (non-hydrogen) atoms. The van der Waals surface area contributed by atoms with Gasteiger partial charge in [0, 0.05) is 66.8 Å². The highest BCUT2D eigenvalue weighted by molar-refractivity contribution is 5.98. The van der Waals surface area contributed by atoms with Gasteiger partial charge in [0.1, 0.15) is 23.0 Å². The van der Waals surface area contributed by atoms with Gasteiger partial charge in [-0.1, -0.05) is 142 Å². The molecule has 0 saturated carbocycles. The summed E-state index contributed by atoms with van der Waals surface area (Å²) in [7, 11) is 0. The van der Waals surface area contributed by atoms with Gasteiger partial charge in [-0.15, -0.1) is 0 Å². The van der Waals surface area contributed by atoms with Gasteiger partial charge in [-0.3, -0.25) is 9.59 Å². The number of nitrogens with zero attached hydrogens (tertiary/aromatic N) is 1. The van der Waals surface area contributed by atoms with Crippen LogP contribution in [0.5, 0.6) is 23.0 Å². The fraction of sp³-hybridized carbons (Fsp3) is 0.440. The number of anilines is 2. The van der Waals surface area contributed by atoms with Crippen LogP contribution in [0.15, 0.2) is 91.0 Å². The molecule has 1 aliphatic carbocycles. The molecule has 0 unspecified atom stereocenters. The van der Waals surface area contributed by atoms with Crippen LogP contribution in [0.4, 0.5) is 11.4 Å². The molecule has 484 valence electrons. The van der Waals surface area contributed by atoms with E-state index in [1.54, 1.807) is 20.8 Å². The second-order valence-corrected chi connectivity index (χ2v) is 26.9. The molecule has 8 bridgehead atoms. The van der Waals surface area contributed by atoms with Crippen LogP contribution >= 0.6 is 0 Å². The Morgan fingerprint density at radius 3 is 1.18 bits per heavy atom. The van der Waals surface area contributed by atoms with Crippen LogP contribution in [0.1, 0.15) is 170 Å². The Labute approximate surface area is 536 Å². The Morgan fingerprint density at radius 2 is 0.813 bits per heavy atom. The molecule has 0 fully saturated rings. The van der Waals surface area contributed by atoms with Crippen molar-refractivity contribution < 1.29 is 57.1 Å². The van der Waals surface area contributed by atoms with Crippen molar-refractivity contribution in [3.63, 3.8) is 0 Å². The topological polar surface area (TPSA) is 199 Å². The number of esters is 3. The molecule has 1 heterocycles. The summed E-state index contributed by atoms with van der Waals surface area (Å²) in [6, 6.07) is 30.6. The maximum Gasteiger partial charge on any atom is 0.344 e. The minimum atomic E-state index is -0.531. The van der Waals surface area contributed by atoms with Crippen LogP contribution < -0.4 is 34.9 Å². The lowest BCUT2D eigenvalue weighted by atomic mass is 9.80. The van der Waals surface area contributed by atoms with Gasteiger partial charge in [0.15, 0.2) is 26.4 Å². The standard InChI is InChI=1S/C75H92N4O12/c1-16-85-65(81)42-89-68-49-26-46(6)27-50(68)30-52-34-58(74(10,11)12)37-55(70(52)90-43-66(82)86-17-2)32-56-38-59(75(13,14)15)36-54(71(56)91-44-67(83)87-18-3)31-53-35-57(73(7,8)9)33-51(29-49)69(53)88-41-64(80)78-61-23-21-48-28-47-20-22-60(39-62(47)79-63(48)40-61)76-24-19-25-77-72(84)45(4)5/h20-23,26-28,33-40,45,76H,16-19,24-25,29-32,41-44H2,1-15H3,(H,77,84)(H,78,80). The van der Waals surface area contributed by atoms with Gasteiger partial charge in [-0.2, -0.15) is 0 Å². The number of nitrogens with one attached hydrogen (secondary N) is 3. The normalized spacial score (nSPS) is 12.5. The first-order valence-corrected chi connectivity index (χ1v) is 31.9. The summed E-state index contributed by atoms with van der Waals surface area (Å²) in [5.74, 6) is -0.125. The molecule has 2 amide bonds. The number of aryl methyl sites for hydroxylation is 1. The summed E-state index contributed by atoms with van der Waals surface area (Å²) in [5, 5.41) is 11.4. The Hall–Kier alpha value is -8.66. The van der Waals surface area contributed by atoms with Crippen LogP contribution in [0.25, 0.3) is 21.8 Å². The van der Waals surface area contributed by atoms with Crippen LogP contribution in [-0.2, 0) is 80.1 Å². The van der Waals surface area contributed by atoms with Crippen LogP contribution in [0.3, 0.4) is 0 Å². The van der Waals surface area contributed by atoms with E-state index in [9.17, 15) is 24.0 Å². The highest BCUT2D eigenvalue weighted by Gasteiger charge is 2.30. The molecule has 0 atom stereocenters. The summed E-state index contributed by atoms with van der Waals surface area (Å²) in [6.07, 6.45) is 1.71. The lowest BCUT2D eigenvalue weighted by Crippen LogP contribution is -2.29. The molecular weight excluding hydrogens is 1150 g/mol. The van der Waals surface area contributed by atoms with Gasteiger partial charge in [-0.05, 0) is 142 Å². The molecule has 1 aliphatic rings. The number of fused-ring (bicyclic) bond motifs is 10. The molecule has 16 nitrogen and oxygen atoms in total. The van der Waals surface area contributed by atoms with E-state index in [-0.39, 0.29) is 94.6 Å². The third kappa shape index (κ3) is 18.1. The third-order valence-corrected chi connectivity index (χ3v) is 15.9. The molecule has 1 aromatic heterocycles. The second kappa shape index (κ2) is 29.5. The number of hydrogen-bond acceptors (Lipinski definition) is 14. The van der Waals surface area contributed by atoms with Crippen LogP contribution in [0, 0.1) is 12.8 Å². The maximum absolute atomic E-state index is 14.5. The van der Waals surface area contributed by atoms with Crippen molar-refractivity contribution >= 4 is 62.9 Å². The fourth-order valence-electron chi connectivity index (χ4n) is 11.2. The zero-order chi connectivity index (χ0) is 66.0. The highest BCUT2D eigenvalue weighted by atomic mass is 16.6. The Kier molecular flexibility index (Phi) is 22.1. The second-order valence-electron chi connectivity index (χ2n) is 26.9. The number of rotatable bonds is 22. The quantitative estimate of drug-likeness (QED) is 0.0251. The first-order valence-electron chi connectivity index (χ1n) is 31.9. The van der Waals surface area contributed by atoms with Crippen molar-refractivity contribution in [3.05, 3.63) is 158 Å². The monoisotopic (exact) mass is 1240 g/mol. The number of pyridine rings is 1. The van der Waals surface area contributed by atoms with Gasteiger partial charge < -0.3 is 49.1 Å². The molecular formula is C75H92N4O12. The van der Waals surface area contributed by atoms with Crippen molar-refractivity contribution in [2.24, 2.45) is 5.92 Å². The molecule has 0 saturated heterocycles. The zero-order valence-electron chi connectivity index (χ0n) is 56.0. The van der Waals surface area contributed by atoms with Gasteiger partial charge in [0.2, 0.25) is 5.91 Å². The first-order chi connectivity index (χ1) is 43.1. The molecule has 0 spiro atoms. The van der Waals surface area contributed by atoms with E-state index >= 15 is 0 Å². The van der Waals surface area contributed by atoms with Gasteiger partial charge in [0.05, 0.1) is 30.9 Å². The van der Waals surface area contributed by atoms with Gasteiger partial charge >= 0.3 is 17.9 Å². The van der Waals surface area contributed by atoms with Gasteiger partial charge in [0.25, 0.3) is 5.91 Å². The van der Waals surface area contributed by atoms with Crippen molar-refractivity contribution in [2.75, 3.05) is 70.0 Å². The number of benzene rings is 6. The first kappa shape index (κ1) is 68.3. The number of hydrogen-bond donors (Lipinski definition) is 3. The van der Waals surface area contributed by atoms with E-state index in [4.69, 9.17) is 38.1 Å². The summed E-state index contributed by atoms with van der Waals surface area (Å²) in [5.41, 5.74) is 11.8. The number of carbonyl (C=O) groups excluding carboxylic acids is 5. The summed E-state index contributed by atoms with van der Waals surface area (Å²) < 4.78 is 43.4. The largest absolute Gasteiger partial charge is 0.483 e. The maximum atomic E-state index is 14.5. The molecule has 8 rings (SSSR count). The molecule has 6 aromatic carbocycles. The lowest BCUT2D eigenvalue weighted by molar-refractivity contribution is -0.146. The van der Waals surface area contributed by atoms with Gasteiger partial charge in [-0.25, -0.2) is 19.4 Å². The average molecular weight is 1240 g/mol. The smallest absolute Gasteiger partial charge is 0.344 e. The molecule has 0 aliphatic heterocycles. The number of aromatic nitrogens is 1. The van der Waals surface area contributed by atoms with E-state index in [2.05, 4.69) is 127 Å². The van der Waals surface area contributed by atoms with Crippen molar-refractivity contribution in [1.82, 2.24) is 10.3 Å². The van der Waals surface area contributed by atoms with Crippen molar-refractivity contribution in [1.29, 1.82) is 0 Å². The van der Waals surface area contributed by atoms with E-state index in [0.29, 0.717) is 47.3 Å². The Bertz CT molecular complexity index is 3830. The fourth-order valence-corrected chi connectivity index (χ4v) is 11.2.